The van der Waals surface area contributed by atoms with Crippen LogP contribution in [0.25, 0.3) is 0 Å². The zero-order valence-electron chi connectivity index (χ0n) is 12.0. The maximum absolute atomic E-state index is 12.4. The van der Waals surface area contributed by atoms with E-state index in [2.05, 4.69) is 36.3 Å². The molecule has 0 bridgehead atoms. The molecule has 0 radical (unpaired) electrons. The molecule has 2 heterocycles. The van der Waals surface area contributed by atoms with Gasteiger partial charge in [-0.05, 0) is 31.6 Å². The number of carbonyl (C=O) groups excluding carboxylic acids is 1. The summed E-state index contributed by atoms with van der Waals surface area (Å²) in [5.74, 6) is 0.284. The highest BCUT2D eigenvalue weighted by Gasteiger charge is 2.30. The largest absolute Gasteiger partial charge is 0.341 e. The van der Waals surface area contributed by atoms with Gasteiger partial charge >= 0.3 is 0 Å². The van der Waals surface area contributed by atoms with Crippen molar-refractivity contribution in [2.45, 2.75) is 52.1 Å². The summed E-state index contributed by atoms with van der Waals surface area (Å²) in [7, 11) is 0. The molecule has 0 aromatic heterocycles. The van der Waals surface area contributed by atoms with Gasteiger partial charge in [0, 0.05) is 32.2 Å². The molecule has 2 unspecified atom stereocenters. The third-order valence-electron chi connectivity index (χ3n) is 4.29. The van der Waals surface area contributed by atoms with E-state index in [9.17, 15) is 4.79 Å². The Morgan fingerprint density at radius 3 is 2.61 bits per heavy atom. The first-order chi connectivity index (χ1) is 8.48. The molecule has 4 nitrogen and oxygen atoms in total. The summed E-state index contributed by atoms with van der Waals surface area (Å²) in [6, 6.07) is 0.444. The minimum Gasteiger partial charge on any atom is -0.341 e. The van der Waals surface area contributed by atoms with Gasteiger partial charge in [0.1, 0.15) is 0 Å². The number of hydrogen-bond acceptors (Lipinski definition) is 3. The Morgan fingerprint density at radius 2 is 1.94 bits per heavy atom. The first kappa shape index (κ1) is 13.8. The normalized spacial score (nSPS) is 32.9. The highest BCUT2D eigenvalue weighted by molar-refractivity contribution is 5.82. The Bertz CT molecular complexity index is 295. The van der Waals surface area contributed by atoms with Gasteiger partial charge in [-0.1, -0.05) is 13.8 Å². The van der Waals surface area contributed by atoms with Crippen LogP contribution in [-0.4, -0.2) is 49.1 Å². The highest BCUT2D eigenvalue weighted by atomic mass is 16.2. The predicted molar refractivity (Wildman–Crippen MR) is 73.5 cm³/mol. The van der Waals surface area contributed by atoms with E-state index < -0.39 is 0 Å². The maximum atomic E-state index is 12.4. The van der Waals surface area contributed by atoms with E-state index in [1.54, 1.807) is 0 Å². The molecule has 2 N–H and O–H groups in total. The number of nitrogens with zero attached hydrogens (tertiary/aromatic N) is 1. The van der Waals surface area contributed by atoms with Crippen LogP contribution in [0.2, 0.25) is 0 Å². The van der Waals surface area contributed by atoms with Gasteiger partial charge in [0.05, 0.1) is 6.04 Å². The van der Waals surface area contributed by atoms with Crippen molar-refractivity contribution in [2.75, 3.05) is 26.2 Å². The number of carbonyl (C=O) groups is 1. The van der Waals surface area contributed by atoms with E-state index in [1.165, 1.54) is 6.42 Å². The Labute approximate surface area is 110 Å². The van der Waals surface area contributed by atoms with Crippen LogP contribution in [0.4, 0.5) is 0 Å². The summed E-state index contributed by atoms with van der Waals surface area (Å²) in [5, 5.41) is 6.73. The number of rotatable bonds is 1. The zero-order chi connectivity index (χ0) is 13.2. The van der Waals surface area contributed by atoms with Crippen molar-refractivity contribution in [1.82, 2.24) is 15.5 Å². The SMILES string of the molecule is CC1CNC(C(=O)N2CCCC(C)(C)CC2)CN1. The van der Waals surface area contributed by atoms with Crippen molar-refractivity contribution in [3.8, 4) is 0 Å². The summed E-state index contributed by atoms with van der Waals surface area (Å²) in [6.45, 7) is 10.2. The second-order valence-corrected chi connectivity index (χ2v) is 6.61. The molecule has 0 aromatic rings. The van der Waals surface area contributed by atoms with Crippen LogP contribution in [0.5, 0.6) is 0 Å². The zero-order valence-corrected chi connectivity index (χ0v) is 12.0. The highest BCUT2D eigenvalue weighted by Crippen LogP contribution is 2.29. The summed E-state index contributed by atoms with van der Waals surface area (Å²) >= 11 is 0. The van der Waals surface area contributed by atoms with Crippen LogP contribution in [0, 0.1) is 5.41 Å². The van der Waals surface area contributed by atoms with Gasteiger partial charge in [0.2, 0.25) is 5.91 Å². The van der Waals surface area contributed by atoms with Gasteiger partial charge in [0.25, 0.3) is 0 Å². The molecule has 0 saturated carbocycles. The Balaban J connectivity index is 1.89. The molecule has 2 saturated heterocycles. The Hall–Kier alpha value is -0.610. The molecular weight excluding hydrogens is 226 g/mol. The van der Waals surface area contributed by atoms with Crippen LogP contribution in [0.3, 0.4) is 0 Å². The van der Waals surface area contributed by atoms with Crippen molar-refractivity contribution in [3.63, 3.8) is 0 Å². The minimum absolute atomic E-state index is 0.0255. The average Bonchev–Trinajstić information content (AvgIpc) is 2.50. The first-order valence-electron chi connectivity index (χ1n) is 7.23. The van der Waals surface area contributed by atoms with E-state index in [-0.39, 0.29) is 11.9 Å². The molecule has 0 aromatic carbocycles. The molecule has 2 rings (SSSR count). The quantitative estimate of drug-likeness (QED) is 0.732. The van der Waals surface area contributed by atoms with E-state index in [0.29, 0.717) is 11.5 Å². The van der Waals surface area contributed by atoms with Gasteiger partial charge in [-0.15, -0.1) is 0 Å². The summed E-state index contributed by atoms with van der Waals surface area (Å²) < 4.78 is 0. The van der Waals surface area contributed by atoms with E-state index in [4.69, 9.17) is 0 Å². The van der Waals surface area contributed by atoms with Crippen LogP contribution >= 0.6 is 0 Å². The summed E-state index contributed by atoms with van der Waals surface area (Å²) in [4.78, 5) is 14.5. The standard InChI is InChI=1S/C14H27N3O/c1-11-9-16-12(10-15-11)13(18)17-7-4-5-14(2,3)6-8-17/h11-12,15-16H,4-10H2,1-3H3. The monoisotopic (exact) mass is 253 g/mol. The molecule has 1 amide bonds. The number of likely N-dealkylation sites (tertiary alicyclic amines) is 1. The number of amides is 1. The van der Waals surface area contributed by atoms with Crippen molar-refractivity contribution < 1.29 is 4.79 Å². The molecule has 2 aliphatic heterocycles. The lowest BCUT2D eigenvalue weighted by Crippen LogP contribution is -2.59. The molecule has 2 aliphatic rings. The predicted octanol–water partition coefficient (Wildman–Crippen LogP) is 0.975. The lowest BCUT2D eigenvalue weighted by Gasteiger charge is -2.32. The first-order valence-corrected chi connectivity index (χ1v) is 7.23. The number of piperazine rings is 1. The van der Waals surface area contributed by atoms with E-state index in [0.717, 1.165) is 39.0 Å². The Morgan fingerprint density at radius 1 is 1.17 bits per heavy atom. The second-order valence-electron chi connectivity index (χ2n) is 6.61. The molecular formula is C14H27N3O. The second kappa shape index (κ2) is 5.57. The third-order valence-corrected chi connectivity index (χ3v) is 4.29. The van der Waals surface area contributed by atoms with Crippen molar-refractivity contribution in [2.24, 2.45) is 5.41 Å². The van der Waals surface area contributed by atoms with Crippen LogP contribution in [-0.2, 0) is 4.79 Å². The van der Waals surface area contributed by atoms with Gasteiger partial charge < -0.3 is 15.5 Å². The fourth-order valence-electron chi connectivity index (χ4n) is 2.82. The molecule has 0 aliphatic carbocycles. The smallest absolute Gasteiger partial charge is 0.241 e. The summed E-state index contributed by atoms with van der Waals surface area (Å²) in [6.07, 6.45) is 3.48. The molecule has 104 valence electrons. The fourth-order valence-corrected chi connectivity index (χ4v) is 2.82. The molecule has 2 fully saturated rings. The van der Waals surface area contributed by atoms with Gasteiger partial charge in [-0.25, -0.2) is 0 Å². The van der Waals surface area contributed by atoms with Crippen molar-refractivity contribution in [3.05, 3.63) is 0 Å². The Kier molecular flexibility index (Phi) is 4.28. The van der Waals surface area contributed by atoms with Gasteiger partial charge in [-0.3, -0.25) is 4.79 Å². The lowest BCUT2D eigenvalue weighted by atomic mass is 9.85. The molecule has 2 atom stereocenters. The van der Waals surface area contributed by atoms with Crippen LogP contribution in [0.1, 0.15) is 40.0 Å². The maximum Gasteiger partial charge on any atom is 0.241 e. The van der Waals surface area contributed by atoms with Crippen LogP contribution < -0.4 is 10.6 Å². The molecule has 0 spiro atoms. The third kappa shape index (κ3) is 3.45. The fraction of sp³-hybridized carbons (Fsp3) is 0.929. The molecule has 4 heteroatoms. The molecule has 18 heavy (non-hydrogen) atoms. The number of nitrogens with one attached hydrogen (secondary N) is 2. The van der Waals surface area contributed by atoms with E-state index in [1.807, 2.05) is 0 Å². The lowest BCUT2D eigenvalue weighted by molar-refractivity contribution is -0.133. The topological polar surface area (TPSA) is 44.4 Å². The average molecular weight is 253 g/mol. The van der Waals surface area contributed by atoms with Gasteiger partial charge in [-0.2, -0.15) is 0 Å². The number of hydrogen-bond donors (Lipinski definition) is 2. The van der Waals surface area contributed by atoms with Crippen molar-refractivity contribution in [1.29, 1.82) is 0 Å². The van der Waals surface area contributed by atoms with Gasteiger partial charge in [0.15, 0.2) is 0 Å². The summed E-state index contributed by atoms with van der Waals surface area (Å²) in [5.41, 5.74) is 0.391. The van der Waals surface area contributed by atoms with E-state index >= 15 is 0 Å². The van der Waals surface area contributed by atoms with Crippen LogP contribution in [0.15, 0.2) is 0 Å². The minimum atomic E-state index is -0.0255. The van der Waals surface area contributed by atoms with Crippen molar-refractivity contribution >= 4 is 5.91 Å².